The van der Waals surface area contributed by atoms with Gasteiger partial charge in [0, 0.05) is 13.2 Å². The molecule has 1 fully saturated rings. The molecule has 7 nitrogen and oxygen atoms in total. The zero-order valence-corrected chi connectivity index (χ0v) is 13.8. The number of rotatable bonds is 5. The largest absolute Gasteiger partial charge is 0.392 e. The lowest BCUT2D eigenvalue weighted by molar-refractivity contribution is -0.0296. The molecule has 0 aromatic carbocycles. The summed E-state index contributed by atoms with van der Waals surface area (Å²) in [6, 6.07) is 0. The van der Waals surface area contributed by atoms with Crippen LogP contribution in [0.15, 0.2) is 18.0 Å². The minimum atomic E-state index is -0.125. The Kier molecular flexibility index (Phi) is 5.09. The molecule has 0 aliphatic carbocycles. The lowest BCUT2D eigenvalue weighted by Crippen LogP contribution is -2.18. The van der Waals surface area contributed by atoms with Crippen LogP contribution in [0.4, 0.5) is 5.82 Å². The summed E-state index contributed by atoms with van der Waals surface area (Å²) in [4.78, 5) is 13.0. The number of aromatic nitrogens is 4. The van der Waals surface area contributed by atoms with Crippen molar-refractivity contribution in [3.63, 3.8) is 0 Å². The number of hydrogen-bond donors (Lipinski definition) is 2. The normalized spacial score (nSPS) is 19.3. The lowest BCUT2D eigenvalue weighted by atomic mass is 10.2. The van der Waals surface area contributed by atoms with Gasteiger partial charge in [0.25, 0.3) is 0 Å². The summed E-state index contributed by atoms with van der Waals surface area (Å²) in [5.41, 5.74) is 2.19. The first kappa shape index (κ1) is 16.2. The van der Waals surface area contributed by atoms with Crippen LogP contribution in [-0.4, -0.2) is 44.4 Å². The van der Waals surface area contributed by atoms with E-state index < -0.39 is 0 Å². The molecule has 0 saturated carbocycles. The van der Waals surface area contributed by atoms with Gasteiger partial charge in [-0.3, -0.25) is 4.57 Å². The maximum atomic E-state index is 9.02. The van der Waals surface area contributed by atoms with Crippen molar-refractivity contribution < 1.29 is 9.84 Å². The predicted molar refractivity (Wildman–Crippen MR) is 88.5 cm³/mol. The first-order valence-electron chi connectivity index (χ1n) is 7.71. The Balaban J connectivity index is 1.89. The summed E-state index contributed by atoms with van der Waals surface area (Å²) in [6.07, 6.45) is 6.33. The van der Waals surface area contributed by atoms with Crippen LogP contribution in [0.5, 0.6) is 0 Å². The van der Waals surface area contributed by atoms with Gasteiger partial charge < -0.3 is 15.2 Å². The zero-order valence-electron chi connectivity index (χ0n) is 13.0. The summed E-state index contributed by atoms with van der Waals surface area (Å²) in [7, 11) is 0. The van der Waals surface area contributed by atoms with Crippen molar-refractivity contribution in [1.29, 1.82) is 0 Å². The van der Waals surface area contributed by atoms with Gasteiger partial charge >= 0.3 is 0 Å². The van der Waals surface area contributed by atoms with Crippen LogP contribution in [-0.2, 0) is 4.74 Å². The molecule has 0 amide bonds. The van der Waals surface area contributed by atoms with E-state index in [0.29, 0.717) is 28.8 Å². The highest BCUT2D eigenvalue weighted by Crippen LogP contribution is 2.31. The van der Waals surface area contributed by atoms with Gasteiger partial charge in [-0.2, -0.15) is 0 Å². The van der Waals surface area contributed by atoms with Gasteiger partial charge in [-0.05, 0) is 37.8 Å². The molecule has 1 unspecified atom stereocenters. The van der Waals surface area contributed by atoms with Crippen LogP contribution in [0.3, 0.4) is 0 Å². The van der Waals surface area contributed by atoms with Crippen LogP contribution in [0.25, 0.3) is 11.2 Å². The molecule has 3 rings (SSSR count). The fraction of sp³-hybridized carbons (Fsp3) is 0.533. The third kappa shape index (κ3) is 3.46. The molecule has 1 aliphatic heterocycles. The Morgan fingerprint density at radius 2 is 2.39 bits per heavy atom. The standard InChI is InChI=1S/C15H20ClN5O2/c1-10(8-22)5-6-17-13-12-14(19-9-18-13)21(15(16)20-12)11-4-2-3-7-23-11/h5,9,11,22H,2-4,6-8H2,1H3,(H,17,18,19). The Hall–Kier alpha value is -1.70. The van der Waals surface area contributed by atoms with Gasteiger partial charge in [0.2, 0.25) is 5.28 Å². The smallest absolute Gasteiger partial charge is 0.207 e. The number of hydrogen-bond acceptors (Lipinski definition) is 6. The topological polar surface area (TPSA) is 85.1 Å². The molecule has 3 heterocycles. The first-order chi connectivity index (χ1) is 11.2. The van der Waals surface area contributed by atoms with E-state index in [-0.39, 0.29) is 12.8 Å². The number of anilines is 1. The van der Waals surface area contributed by atoms with E-state index in [1.165, 1.54) is 6.33 Å². The fourth-order valence-electron chi connectivity index (χ4n) is 2.58. The molecule has 0 radical (unpaired) electrons. The van der Waals surface area contributed by atoms with Crippen molar-refractivity contribution in [2.75, 3.05) is 25.1 Å². The summed E-state index contributed by atoms with van der Waals surface area (Å²) in [5, 5.41) is 12.6. The van der Waals surface area contributed by atoms with Crippen LogP contribution in [0.2, 0.25) is 5.28 Å². The third-order valence-corrected chi connectivity index (χ3v) is 4.11. The average molecular weight is 338 g/mol. The highest BCUT2D eigenvalue weighted by atomic mass is 35.5. The van der Waals surface area contributed by atoms with Crippen molar-refractivity contribution in [2.45, 2.75) is 32.4 Å². The van der Waals surface area contributed by atoms with Gasteiger partial charge in [-0.15, -0.1) is 0 Å². The number of ether oxygens (including phenoxy) is 1. The van der Waals surface area contributed by atoms with Crippen LogP contribution >= 0.6 is 11.6 Å². The number of halogens is 1. The molecule has 1 saturated heterocycles. The summed E-state index contributed by atoms with van der Waals surface area (Å²) in [5.74, 6) is 0.619. The number of imidazole rings is 1. The van der Waals surface area contributed by atoms with Crippen molar-refractivity contribution in [3.8, 4) is 0 Å². The SMILES string of the molecule is CC(=CCNc1ncnc2c1nc(Cl)n2C1CCCCO1)CO. The zero-order chi connectivity index (χ0) is 16.2. The highest BCUT2D eigenvalue weighted by molar-refractivity contribution is 6.29. The summed E-state index contributed by atoms with van der Waals surface area (Å²) < 4.78 is 7.63. The number of nitrogens with zero attached hydrogens (tertiary/aromatic N) is 4. The minimum Gasteiger partial charge on any atom is -0.392 e. The first-order valence-corrected chi connectivity index (χ1v) is 8.09. The second kappa shape index (κ2) is 7.25. The number of fused-ring (bicyclic) bond motifs is 1. The second-order valence-electron chi connectivity index (χ2n) is 5.56. The predicted octanol–water partition coefficient (Wildman–Crippen LogP) is 2.53. The van der Waals surface area contributed by atoms with Crippen molar-refractivity contribution in [3.05, 3.63) is 23.3 Å². The Bertz CT molecular complexity index is 709. The quantitative estimate of drug-likeness (QED) is 0.644. The molecule has 0 spiro atoms. The van der Waals surface area contributed by atoms with Gasteiger partial charge in [-0.1, -0.05) is 11.6 Å². The fourth-order valence-corrected chi connectivity index (χ4v) is 2.85. The monoisotopic (exact) mass is 337 g/mol. The van der Waals surface area contributed by atoms with E-state index in [1.807, 2.05) is 17.6 Å². The molecular weight excluding hydrogens is 318 g/mol. The third-order valence-electron chi connectivity index (χ3n) is 3.85. The van der Waals surface area contributed by atoms with Crippen LogP contribution in [0, 0.1) is 0 Å². The van der Waals surface area contributed by atoms with E-state index in [2.05, 4.69) is 20.3 Å². The molecule has 2 aromatic heterocycles. The molecule has 0 bridgehead atoms. The van der Waals surface area contributed by atoms with Crippen LogP contribution < -0.4 is 5.32 Å². The van der Waals surface area contributed by atoms with Gasteiger partial charge in [0.1, 0.15) is 12.6 Å². The van der Waals surface area contributed by atoms with E-state index >= 15 is 0 Å². The lowest BCUT2D eigenvalue weighted by Gasteiger charge is -2.24. The van der Waals surface area contributed by atoms with Crippen molar-refractivity contribution in [1.82, 2.24) is 19.5 Å². The van der Waals surface area contributed by atoms with E-state index in [1.54, 1.807) is 0 Å². The molecule has 23 heavy (non-hydrogen) atoms. The molecule has 8 heteroatoms. The van der Waals surface area contributed by atoms with E-state index in [0.717, 1.165) is 31.4 Å². The average Bonchev–Trinajstić information content (AvgIpc) is 2.92. The van der Waals surface area contributed by atoms with Crippen LogP contribution in [0.1, 0.15) is 32.4 Å². The number of aliphatic hydroxyl groups is 1. The molecule has 1 atom stereocenters. The number of aliphatic hydroxyl groups excluding tert-OH is 1. The highest BCUT2D eigenvalue weighted by Gasteiger charge is 2.23. The Morgan fingerprint density at radius 1 is 1.52 bits per heavy atom. The van der Waals surface area contributed by atoms with Gasteiger partial charge in [0.15, 0.2) is 17.0 Å². The maximum absolute atomic E-state index is 9.02. The summed E-state index contributed by atoms with van der Waals surface area (Å²) >= 11 is 6.31. The van der Waals surface area contributed by atoms with Crippen molar-refractivity contribution >= 4 is 28.6 Å². The Labute approximate surface area is 139 Å². The van der Waals surface area contributed by atoms with Crippen molar-refractivity contribution in [2.24, 2.45) is 0 Å². The minimum absolute atomic E-state index is 0.0420. The number of nitrogens with one attached hydrogen (secondary N) is 1. The maximum Gasteiger partial charge on any atom is 0.207 e. The molecule has 2 N–H and O–H groups in total. The second-order valence-corrected chi connectivity index (χ2v) is 5.89. The molecule has 1 aliphatic rings. The van der Waals surface area contributed by atoms with Gasteiger partial charge in [0.05, 0.1) is 6.61 Å². The molecular formula is C15H20ClN5O2. The van der Waals surface area contributed by atoms with E-state index in [4.69, 9.17) is 21.4 Å². The van der Waals surface area contributed by atoms with E-state index in [9.17, 15) is 0 Å². The molecule has 2 aromatic rings. The van der Waals surface area contributed by atoms with Gasteiger partial charge in [-0.25, -0.2) is 15.0 Å². The Morgan fingerprint density at radius 3 is 3.13 bits per heavy atom. The summed E-state index contributed by atoms with van der Waals surface area (Å²) in [6.45, 7) is 3.18. The molecule has 124 valence electrons.